The van der Waals surface area contributed by atoms with Crippen LogP contribution in [0.25, 0.3) is 0 Å². The molecule has 0 aliphatic carbocycles. The molecule has 0 bridgehead atoms. The number of carbonyl (C=O) groups excluding carboxylic acids is 1. The van der Waals surface area contributed by atoms with Crippen LogP contribution in [0.4, 0.5) is 0 Å². The summed E-state index contributed by atoms with van der Waals surface area (Å²) in [5.41, 5.74) is 10.3. The lowest BCUT2D eigenvalue weighted by molar-refractivity contribution is -0.122. The lowest BCUT2D eigenvalue weighted by atomic mass is 9.95. The Morgan fingerprint density at radius 2 is 2.00 bits per heavy atom. The van der Waals surface area contributed by atoms with E-state index in [1.807, 2.05) is 0 Å². The zero-order valence-electron chi connectivity index (χ0n) is 13.4. The van der Waals surface area contributed by atoms with Gasteiger partial charge in [0.2, 0.25) is 5.91 Å². The van der Waals surface area contributed by atoms with Gasteiger partial charge in [-0.25, -0.2) is 0 Å². The molecule has 4 N–H and O–H groups in total. The second-order valence-electron chi connectivity index (χ2n) is 6.20. The molecular weight excluding hydrogens is 252 g/mol. The Morgan fingerprint density at radius 3 is 2.55 bits per heavy atom. The van der Waals surface area contributed by atoms with Gasteiger partial charge >= 0.3 is 0 Å². The number of nitrogens with zero attached hydrogens (tertiary/aromatic N) is 2. The summed E-state index contributed by atoms with van der Waals surface area (Å²) in [5.74, 6) is -0.403. The Kier molecular flexibility index (Phi) is 6.92. The minimum absolute atomic E-state index is 0.403. The number of hydrogen-bond acceptors (Lipinski definition) is 4. The molecule has 1 aliphatic heterocycles. The number of carbonyl (C=O) groups is 1. The van der Waals surface area contributed by atoms with Crippen molar-refractivity contribution in [2.45, 2.75) is 58.0 Å². The van der Waals surface area contributed by atoms with E-state index in [0.717, 1.165) is 38.5 Å². The van der Waals surface area contributed by atoms with Gasteiger partial charge in [0.1, 0.15) is 0 Å². The van der Waals surface area contributed by atoms with Gasteiger partial charge in [0.05, 0.1) is 5.54 Å². The van der Waals surface area contributed by atoms with Gasteiger partial charge < -0.3 is 16.4 Å². The van der Waals surface area contributed by atoms with Gasteiger partial charge in [-0.05, 0) is 58.8 Å². The highest BCUT2D eigenvalue weighted by Crippen LogP contribution is 2.17. The number of likely N-dealkylation sites (N-methyl/N-ethyl adjacent to an activating group) is 1. The predicted octanol–water partition coefficient (Wildman–Crippen LogP) is 0.776. The molecule has 20 heavy (non-hydrogen) atoms. The Hall–Kier alpha value is -0.650. The molecule has 1 aliphatic rings. The first-order valence-electron chi connectivity index (χ1n) is 7.96. The highest BCUT2D eigenvalue weighted by Gasteiger charge is 2.27. The zero-order chi connectivity index (χ0) is 15.2. The highest BCUT2D eigenvalue weighted by atomic mass is 16.1. The molecule has 5 heteroatoms. The van der Waals surface area contributed by atoms with E-state index in [0.29, 0.717) is 6.42 Å². The number of nitrogens with two attached hydrogens (primary N) is 2. The fourth-order valence-electron chi connectivity index (χ4n) is 3.00. The summed E-state index contributed by atoms with van der Waals surface area (Å²) in [6, 6.07) is 0.718. The molecule has 5 nitrogen and oxygen atoms in total. The maximum absolute atomic E-state index is 11.1. The third-order valence-corrected chi connectivity index (χ3v) is 4.56. The fraction of sp³-hybridized carbons (Fsp3) is 0.933. The van der Waals surface area contributed by atoms with Gasteiger partial charge in [-0.3, -0.25) is 9.69 Å². The molecule has 1 rings (SSSR count). The Labute approximate surface area is 123 Å². The van der Waals surface area contributed by atoms with Crippen LogP contribution in [0.5, 0.6) is 0 Å². The molecule has 1 heterocycles. The predicted molar refractivity (Wildman–Crippen MR) is 83.4 cm³/mol. The van der Waals surface area contributed by atoms with Gasteiger partial charge in [0.25, 0.3) is 0 Å². The third kappa shape index (κ3) is 5.04. The summed E-state index contributed by atoms with van der Waals surface area (Å²) in [4.78, 5) is 16.2. The maximum atomic E-state index is 11.1. The van der Waals surface area contributed by atoms with E-state index in [-0.39, 0.29) is 0 Å². The van der Waals surface area contributed by atoms with Crippen LogP contribution in [0.2, 0.25) is 0 Å². The van der Waals surface area contributed by atoms with Crippen LogP contribution in [0.15, 0.2) is 0 Å². The van der Waals surface area contributed by atoms with Gasteiger partial charge in [0, 0.05) is 12.6 Å². The standard InChI is InChI=1S/C15H32N4O/c1-4-19(5-2)13-8-11-18(12-13)10-7-6-9-15(3,17)14(16)20/h13H,4-12,17H2,1-3H3,(H2,16,20). The average Bonchev–Trinajstić information content (AvgIpc) is 2.85. The molecule has 0 saturated carbocycles. The van der Waals surface area contributed by atoms with Crippen LogP contribution >= 0.6 is 0 Å². The molecule has 0 spiro atoms. The molecule has 2 unspecified atom stereocenters. The minimum Gasteiger partial charge on any atom is -0.368 e. The molecule has 1 fully saturated rings. The highest BCUT2D eigenvalue weighted by molar-refractivity contribution is 5.83. The Balaban J connectivity index is 2.20. The minimum atomic E-state index is -0.852. The van der Waals surface area contributed by atoms with Crippen LogP contribution in [0.3, 0.4) is 0 Å². The van der Waals surface area contributed by atoms with Crippen molar-refractivity contribution in [3.63, 3.8) is 0 Å². The summed E-state index contributed by atoms with van der Waals surface area (Å²) < 4.78 is 0. The molecule has 0 aromatic carbocycles. The normalized spacial score (nSPS) is 23.1. The van der Waals surface area contributed by atoms with Gasteiger partial charge in [0.15, 0.2) is 0 Å². The third-order valence-electron chi connectivity index (χ3n) is 4.56. The van der Waals surface area contributed by atoms with Crippen molar-refractivity contribution in [3.8, 4) is 0 Å². The monoisotopic (exact) mass is 284 g/mol. The molecule has 1 amide bonds. The van der Waals surface area contributed by atoms with Crippen molar-refractivity contribution >= 4 is 5.91 Å². The maximum Gasteiger partial charge on any atom is 0.237 e. The van der Waals surface area contributed by atoms with Crippen molar-refractivity contribution < 1.29 is 4.79 Å². The summed E-state index contributed by atoms with van der Waals surface area (Å²) >= 11 is 0. The van der Waals surface area contributed by atoms with Crippen LogP contribution in [0.1, 0.15) is 46.5 Å². The molecule has 1 saturated heterocycles. The number of unbranched alkanes of at least 4 members (excludes halogenated alkanes) is 1. The first-order valence-corrected chi connectivity index (χ1v) is 7.96. The van der Waals surface area contributed by atoms with Gasteiger partial charge in [-0.1, -0.05) is 13.8 Å². The molecule has 2 atom stereocenters. The second kappa shape index (κ2) is 7.96. The van der Waals surface area contributed by atoms with Crippen molar-refractivity contribution in [2.75, 3.05) is 32.7 Å². The van der Waals surface area contributed by atoms with Crippen molar-refractivity contribution in [2.24, 2.45) is 11.5 Å². The van der Waals surface area contributed by atoms with Crippen LogP contribution in [-0.2, 0) is 4.79 Å². The number of hydrogen-bond donors (Lipinski definition) is 2. The average molecular weight is 284 g/mol. The number of rotatable bonds is 9. The Morgan fingerprint density at radius 1 is 1.35 bits per heavy atom. The topological polar surface area (TPSA) is 75.6 Å². The van der Waals surface area contributed by atoms with E-state index >= 15 is 0 Å². The molecule has 118 valence electrons. The van der Waals surface area contributed by atoms with Crippen LogP contribution in [0, 0.1) is 0 Å². The zero-order valence-corrected chi connectivity index (χ0v) is 13.4. The smallest absolute Gasteiger partial charge is 0.237 e. The van der Waals surface area contributed by atoms with Crippen molar-refractivity contribution in [1.82, 2.24) is 9.80 Å². The van der Waals surface area contributed by atoms with Crippen LogP contribution in [-0.4, -0.2) is 60.0 Å². The summed E-state index contributed by atoms with van der Waals surface area (Å²) in [6.45, 7) is 11.9. The van der Waals surface area contributed by atoms with E-state index < -0.39 is 11.4 Å². The number of amides is 1. The van der Waals surface area contributed by atoms with E-state index in [2.05, 4.69) is 23.6 Å². The Bertz CT molecular complexity index is 302. The lowest BCUT2D eigenvalue weighted by Gasteiger charge is -2.26. The van der Waals surface area contributed by atoms with Gasteiger partial charge in [-0.15, -0.1) is 0 Å². The molecule has 0 radical (unpaired) electrons. The first-order chi connectivity index (χ1) is 9.40. The second-order valence-corrected chi connectivity index (χ2v) is 6.20. The summed E-state index contributed by atoms with van der Waals surface area (Å²) in [6.07, 6.45) is 4.00. The van der Waals surface area contributed by atoms with Crippen molar-refractivity contribution in [3.05, 3.63) is 0 Å². The number of likely N-dealkylation sites (tertiary alicyclic amines) is 1. The largest absolute Gasteiger partial charge is 0.368 e. The lowest BCUT2D eigenvalue weighted by Crippen LogP contribution is -2.49. The van der Waals surface area contributed by atoms with Crippen LogP contribution < -0.4 is 11.5 Å². The molecule has 0 aromatic heterocycles. The van der Waals surface area contributed by atoms with E-state index in [1.165, 1.54) is 19.5 Å². The van der Waals surface area contributed by atoms with Gasteiger partial charge in [-0.2, -0.15) is 0 Å². The van der Waals surface area contributed by atoms with E-state index in [1.54, 1.807) is 6.92 Å². The van der Waals surface area contributed by atoms with E-state index in [4.69, 9.17) is 11.5 Å². The van der Waals surface area contributed by atoms with Crippen molar-refractivity contribution in [1.29, 1.82) is 0 Å². The fourth-order valence-corrected chi connectivity index (χ4v) is 3.00. The molecular formula is C15H32N4O. The SMILES string of the molecule is CCN(CC)C1CCN(CCCCC(C)(N)C(N)=O)C1. The summed E-state index contributed by atoms with van der Waals surface area (Å²) in [7, 11) is 0. The molecule has 0 aromatic rings. The van der Waals surface area contributed by atoms with E-state index in [9.17, 15) is 4.79 Å². The first kappa shape index (κ1) is 17.4. The number of primary amides is 1. The summed E-state index contributed by atoms with van der Waals surface area (Å²) in [5, 5.41) is 0. The quantitative estimate of drug-likeness (QED) is 0.613.